The maximum atomic E-state index is 14.5. The van der Waals surface area contributed by atoms with Gasteiger partial charge in [0.05, 0.1) is 17.6 Å². The molecular formula is C33H41N5O3. The van der Waals surface area contributed by atoms with Crippen LogP contribution in [0, 0.1) is 0 Å². The predicted octanol–water partition coefficient (Wildman–Crippen LogP) is 4.69. The number of rotatable bonds is 10. The fourth-order valence-electron chi connectivity index (χ4n) is 5.89. The molecule has 41 heavy (non-hydrogen) atoms. The molecule has 4 atom stereocenters. The number of H-pyrrole nitrogens is 1. The molecule has 3 aromatic carbocycles. The van der Waals surface area contributed by atoms with Crippen molar-refractivity contribution in [1.29, 1.82) is 0 Å². The third-order valence-electron chi connectivity index (χ3n) is 8.36. The van der Waals surface area contributed by atoms with Gasteiger partial charge in [0.15, 0.2) is 5.82 Å². The van der Waals surface area contributed by atoms with E-state index in [0.29, 0.717) is 25.2 Å². The van der Waals surface area contributed by atoms with Gasteiger partial charge in [-0.1, -0.05) is 80.9 Å². The van der Waals surface area contributed by atoms with Gasteiger partial charge in [0.25, 0.3) is 0 Å². The summed E-state index contributed by atoms with van der Waals surface area (Å²) in [5.41, 5.74) is 11.0. The van der Waals surface area contributed by atoms with Crippen LogP contribution in [-0.2, 0) is 25.8 Å². The average Bonchev–Trinajstić information content (AvgIpc) is 3.35. The molecule has 1 aromatic heterocycles. The van der Waals surface area contributed by atoms with Crippen molar-refractivity contribution in [1.82, 2.24) is 20.0 Å². The van der Waals surface area contributed by atoms with Gasteiger partial charge in [-0.2, -0.15) is 5.10 Å². The summed E-state index contributed by atoms with van der Waals surface area (Å²) in [4.78, 5) is 18.1. The number of fused-ring (bicyclic) bond motifs is 1. The van der Waals surface area contributed by atoms with E-state index in [1.165, 1.54) is 5.56 Å². The van der Waals surface area contributed by atoms with Crippen molar-refractivity contribution in [3.63, 3.8) is 0 Å². The summed E-state index contributed by atoms with van der Waals surface area (Å²) in [6.07, 6.45) is 1.26. The second kappa shape index (κ2) is 12.7. The molecular weight excluding hydrogens is 514 g/mol. The number of aliphatic hydroxyl groups excluding tert-OH is 2. The largest absolute Gasteiger partial charge is 0.388 e. The summed E-state index contributed by atoms with van der Waals surface area (Å²) in [6.45, 7) is 4.97. The van der Waals surface area contributed by atoms with Crippen molar-refractivity contribution >= 4 is 22.8 Å². The monoisotopic (exact) mass is 555 g/mol. The van der Waals surface area contributed by atoms with E-state index in [1.807, 2.05) is 48.5 Å². The maximum absolute atomic E-state index is 14.5. The van der Waals surface area contributed by atoms with Crippen molar-refractivity contribution in [2.45, 2.75) is 76.8 Å². The van der Waals surface area contributed by atoms with Gasteiger partial charge in [-0.25, -0.2) is 4.79 Å². The number of hydrogen-bond donors (Lipinski definition) is 4. The first-order valence-electron chi connectivity index (χ1n) is 14.7. The first-order valence-corrected chi connectivity index (χ1v) is 14.7. The molecule has 0 bridgehead atoms. The summed E-state index contributed by atoms with van der Waals surface area (Å²) in [6, 6.07) is 22.6. The third kappa shape index (κ3) is 6.24. The van der Waals surface area contributed by atoms with Crippen LogP contribution >= 0.6 is 0 Å². The highest BCUT2D eigenvalue weighted by molar-refractivity contribution is 5.89. The van der Waals surface area contributed by atoms with E-state index in [4.69, 9.17) is 5.73 Å². The van der Waals surface area contributed by atoms with Gasteiger partial charge in [0, 0.05) is 18.5 Å². The molecule has 8 heteroatoms. The minimum absolute atomic E-state index is 0.176. The number of aliphatic hydroxyl groups is 2. The predicted molar refractivity (Wildman–Crippen MR) is 162 cm³/mol. The second-order valence-electron chi connectivity index (χ2n) is 11.1. The van der Waals surface area contributed by atoms with Gasteiger partial charge in [-0.15, -0.1) is 0 Å². The normalized spacial score (nSPS) is 21.4. The molecule has 0 spiro atoms. The molecule has 2 amide bonds. The number of unbranched alkanes of at least 4 members (excludes halogenated alkanes) is 1. The number of urea groups is 1. The number of anilines is 1. The van der Waals surface area contributed by atoms with E-state index < -0.39 is 24.3 Å². The highest BCUT2D eigenvalue weighted by atomic mass is 16.3. The lowest BCUT2D eigenvalue weighted by Crippen LogP contribution is -2.51. The quantitative estimate of drug-likeness (QED) is 0.226. The molecule has 5 N–H and O–H groups in total. The zero-order valence-electron chi connectivity index (χ0n) is 23.9. The molecule has 8 nitrogen and oxygen atoms in total. The number of benzene rings is 3. The Hall–Kier alpha value is -3.88. The number of nitrogens with one attached hydrogen (secondary N) is 1. The van der Waals surface area contributed by atoms with Crippen LogP contribution in [-0.4, -0.2) is 67.1 Å². The fraction of sp³-hybridized carbons (Fsp3) is 0.394. The Labute approximate surface area is 241 Å². The smallest absolute Gasteiger partial charge is 0.321 e. The van der Waals surface area contributed by atoms with Crippen LogP contribution in [0.5, 0.6) is 0 Å². The lowest BCUT2D eigenvalue weighted by Gasteiger charge is -2.35. The molecule has 216 valence electrons. The Morgan fingerprint density at radius 3 is 2.10 bits per heavy atom. The Kier molecular flexibility index (Phi) is 8.90. The van der Waals surface area contributed by atoms with Crippen molar-refractivity contribution in [3.8, 4) is 0 Å². The number of amides is 2. The van der Waals surface area contributed by atoms with Gasteiger partial charge in [0.1, 0.15) is 12.2 Å². The standard InChI is InChI=1S/C33H41N5O3/c1-3-5-17-37-28(20-24-13-11-22(4-2)12-14-24)30(39)31(40)29(19-23-9-7-6-8-10-23)38(33(37)41)21-25-15-16-27-26(18-25)32(34)36-35-27/h6-16,18,28-31,39-40H,3-5,17,19-21H2,1-2H3,(H3,34,35,36)/t28-,29-,30+,31+/m1/s1. The summed E-state index contributed by atoms with van der Waals surface area (Å²) < 4.78 is 0. The van der Waals surface area contributed by atoms with E-state index in [2.05, 4.69) is 48.3 Å². The Morgan fingerprint density at radius 2 is 1.44 bits per heavy atom. The van der Waals surface area contributed by atoms with E-state index in [0.717, 1.165) is 46.9 Å². The number of nitrogens with zero attached hydrogens (tertiary/aromatic N) is 3. The highest BCUT2D eigenvalue weighted by Crippen LogP contribution is 2.30. The van der Waals surface area contributed by atoms with E-state index in [9.17, 15) is 15.0 Å². The lowest BCUT2D eigenvalue weighted by molar-refractivity contribution is -0.0402. The number of hydrogen-bond acceptors (Lipinski definition) is 5. The first kappa shape index (κ1) is 28.6. The van der Waals surface area contributed by atoms with Gasteiger partial charge in [0.2, 0.25) is 0 Å². The van der Waals surface area contributed by atoms with Crippen LogP contribution in [0.1, 0.15) is 48.9 Å². The van der Waals surface area contributed by atoms with Crippen molar-refractivity contribution in [2.75, 3.05) is 12.3 Å². The number of aryl methyl sites for hydroxylation is 1. The molecule has 0 aliphatic carbocycles. The molecule has 1 aliphatic rings. The number of nitrogen functional groups attached to an aromatic ring is 1. The number of nitrogens with two attached hydrogens (primary N) is 1. The molecule has 1 fully saturated rings. The topological polar surface area (TPSA) is 119 Å². The van der Waals surface area contributed by atoms with Gasteiger partial charge in [-0.3, -0.25) is 5.10 Å². The van der Waals surface area contributed by atoms with Crippen LogP contribution in [0.3, 0.4) is 0 Å². The van der Waals surface area contributed by atoms with E-state index >= 15 is 0 Å². The van der Waals surface area contributed by atoms with E-state index in [1.54, 1.807) is 9.80 Å². The first-order chi connectivity index (χ1) is 19.9. The van der Waals surface area contributed by atoms with Crippen LogP contribution < -0.4 is 5.73 Å². The fourth-order valence-corrected chi connectivity index (χ4v) is 5.89. The second-order valence-corrected chi connectivity index (χ2v) is 11.1. The van der Waals surface area contributed by atoms with Crippen LogP contribution in [0.15, 0.2) is 72.8 Å². The van der Waals surface area contributed by atoms with Gasteiger partial charge in [-0.05, 0) is 60.1 Å². The molecule has 4 aromatic rings. The Morgan fingerprint density at radius 1 is 0.829 bits per heavy atom. The Balaban J connectivity index is 1.54. The Bertz CT molecular complexity index is 1440. The van der Waals surface area contributed by atoms with Crippen molar-refractivity contribution < 1.29 is 15.0 Å². The van der Waals surface area contributed by atoms with Gasteiger partial charge >= 0.3 is 6.03 Å². The zero-order chi connectivity index (χ0) is 28.9. The summed E-state index contributed by atoms with van der Waals surface area (Å²) in [5.74, 6) is 0.402. The molecule has 0 unspecified atom stereocenters. The molecule has 0 saturated carbocycles. The number of aromatic amines is 1. The van der Waals surface area contributed by atoms with Crippen molar-refractivity contribution in [2.24, 2.45) is 0 Å². The summed E-state index contributed by atoms with van der Waals surface area (Å²) in [5, 5.41) is 31.4. The third-order valence-corrected chi connectivity index (χ3v) is 8.36. The van der Waals surface area contributed by atoms with Crippen molar-refractivity contribution in [3.05, 3.63) is 95.1 Å². The van der Waals surface area contributed by atoms with Crippen LogP contribution in [0.4, 0.5) is 10.6 Å². The minimum atomic E-state index is -1.14. The summed E-state index contributed by atoms with van der Waals surface area (Å²) >= 11 is 0. The minimum Gasteiger partial charge on any atom is -0.388 e. The molecule has 5 rings (SSSR count). The van der Waals surface area contributed by atoms with Gasteiger partial charge < -0.3 is 25.7 Å². The van der Waals surface area contributed by atoms with E-state index in [-0.39, 0.29) is 12.6 Å². The van der Waals surface area contributed by atoms with Crippen LogP contribution in [0.2, 0.25) is 0 Å². The zero-order valence-corrected chi connectivity index (χ0v) is 23.9. The maximum Gasteiger partial charge on any atom is 0.321 e. The average molecular weight is 556 g/mol. The SMILES string of the molecule is CCCCN1C(=O)N(Cc2ccc3[nH]nc(N)c3c2)[C@H](Cc2ccccc2)[C@H](O)[C@@H](O)[C@H]1Cc1ccc(CC)cc1. The number of aromatic nitrogens is 2. The van der Waals surface area contributed by atoms with Crippen LogP contribution in [0.25, 0.3) is 10.9 Å². The summed E-state index contributed by atoms with van der Waals surface area (Å²) in [7, 11) is 0. The lowest BCUT2D eigenvalue weighted by atomic mass is 9.90. The number of carbonyl (C=O) groups is 1. The molecule has 1 aliphatic heterocycles. The molecule has 2 heterocycles. The molecule has 0 radical (unpaired) electrons. The molecule has 1 saturated heterocycles. The highest BCUT2D eigenvalue weighted by Gasteiger charge is 2.46. The number of carbonyl (C=O) groups excluding carboxylic acids is 1.